The number of phenols is 1. The topological polar surface area (TPSA) is 69.6 Å². The van der Waals surface area contributed by atoms with E-state index in [1.165, 1.54) is 30.3 Å². The summed E-state index contributed by atoms with van der Waals surface area (Å²) >= 11 is 11.6. The number of benzene rings is 2. The van der Waals surface area contributed by atoms with E-state index < -0.39 is 12.0 Å². The number of rotatable bonds is 3. The molecule has 20 heavy (non-hydrogen) atoms. The van der Waals surface area contributed by atoms with Crippen molar-refractivity contribution in [3.63, 3.8) is 0 Å². The van der Waals surface area contributed by atoms with Gasteiger partial charge in [-0.15, -0.1) is 0 Å². The zero-order valence-corrected chi connectivity index (χ0v) is 11.7. The van der Waals surface area contributed by atoms with Crippen LogP contribution in [0.15, 0.2) is 42.5 Å². The Balaban J connectivity index is 2.18. The average molecular weight is 312 g/mol. The Labute approximate surface area is 125 Å². The molecular formula is C14H11Cl2NO3. The van der Waals surface area contributed by atoms with Crippen LogP contribution >= 0.6 is 23.2 Å². The number of aromatic hydroxyl groups is 1. The van der Waals surface area contributed by atoms with Gasteiger partial charge in [-0.1, -0.05) is 35.3 Å². The van der Waals surface area contributed by atoms with Crippen molar-refractivity contribution in [2.75, 3.05) is 5.32 Å². The van der Waals surface area contributed by atoms with E-state index >= 15 is 0 Å². The summed E-state index contributed by atoms with van der Waals surface area (Å²) in [6, 6.07) is 10.6. The number of aliphatic hydroxyl groups excluding tert-OH is 1. The molecule has 0 aliphatic heterocycles. The van der Waals surface area contributed by atoms with Gasteiger partial charge in [0, 0.05) is 10.0 Å². The second kappa shape index (κ2) is 6.13. The Morgan fingerprint density at radius 2 is 1.70 bits per heavy atom. The molecule has 4 nitrogen and oxygen atoms in total. The minimum Gasteiger partial charge on any atom is -0.506 e. The molecule has 0 aliphatic rings. The maximum Gasteiger partial charge on any atom is 0.257 e. The fourth-order valence-corrected chi connectivity index (χ4v) is 2.21. The summed E-state index contributed by atoms with van der Waals surface area (Å²) in [6.07, 6.45) is -1.44. The number of carbonyl (C=O) groups is 1. The van der Waals surface area contributed by atoms with Crippen LogP contribution in [0.4, 0.5) is 5.69 Å². The molecular weight excluding hydrogens is 301 g/mol. The Bertz CT molecular complexity index is 626. The Kier molecular flexibility index (Phi) is 4.49. The quantitative estimate of drug-likeness (QED) is 0.761. The molecule has 0 saturated carbocycles. The van der Waals surface area contributed by atoms with Crippen LogP contribution in [0.2, 0.25) is 10.0 Å². The molecule has 0 bridgehead atoms. The molecule has 1 unspecified atom stereocenters. The summed E-state index contributed by atoms with van der Waals surface area (Å²) < 4.78 is 0. The summed E-state index contributed by atoms with van der Waals surface area (Å²) in [5.41, 5.74) is 0.486. The van der Waals surface area contributed by atoms with Gasteiger partial charge in [-0.05, 0) is 35.9 Å². The number of aliphatic hydroxyl groups is 1. The highest BCUT2D eigenvalue weighted by Gasteiger charge is 2.19. The molecule has 2 aromatic carbocycles. The van der Waals surface area contributed by atoms with Crippen molar-refractivity contribution in [2.45, 2.75) is 6.10 Å². The summed E-state index contributed by atoms with van der Waals surface area (Å²) in [7, 11) is 0. The SMILES string of the molecule is O=C(Nc1ccccc1O)C(O)c1cc(Cl)cc(Cl)c1. The number of nitrogens with one attached hydrogen (secondary N) is 1. The largest absolute Gasteiger partial charge is 0.506 e. The summed E-state index contributed by atoms with van der Waals surface area (Å²) in [6.45, 7) is 0. The van der Waals surface area contributed by atoms with E-state index in [1.807, 2.05) is 0 Å². The fourth-order valence-electron chi connectivity index (χ4n) is 1.66. The van der Waals surface area contributed by atoms with Crippen molar-refractivity contribution < 1.29 is 15.0 Å². The maximum absolute atomic E-state index is 11.9. The van der Waals surface area contributed by atoms with Crippen molar-refractivity contribution >= 4 is 34.8 Å². The summed E-state index contributed by atoms with van der Waals surface area (Å²) in [5.74, 6) is -0.776. The van der Waals surface area contributed by atoms with Crippen molar-refractivity contribution in [3.8, 4) is 5.75 Å². The third-order valence-corrected chi connectivity index (χ3v) is 3.05. The molecule has 0 fully saturated rings. The first-order chi connectivity index (χ1) is 9.47. The van der Waals surface area contributed by atoms with E-state index in [9.17, 15) is 15.0 Å². The van der Waals surface area contributed by atoms with Gasteiger partial charge in [0.25, 0.3) is 5.91 Å². The predicted octanol–water partition coefficient (Wildman–Crippen LogP) is 3.37. The fraction of sp³-hybridized carbons (Fsp3) is 0.0714. The van der Waals surface area contributed by atoms with Crippen molar-refractivity contribution in [2.24, 2.45) is 0 Å². The second-order valence-corrected chi connectivity index (χ2v) is 4.98. The number of hydrogen-bond acceptors (Lipinski definition) is 3. The molecule has 104 valence electrons. The highest BCUT2D eigenvalue weighted by atomic mass is 35.5. The Morgan fingerprint density at radius 3 is 2.30 bits per heavy atom. The minimum atomic E-state index is -1.44. The van der Waals surface area contributed by atoms with Gasteiger partial charge < -0.3 is 15.5 Å². The van der Waals surface area contributed by atoms with Crippen LogP contribution in [0.3, 0.4) is 0 Å². The van der Waals surface area contributed by atoms with E-state index in [4.69, 9.17) is 23.2 Å². The molecule has 1 atom stereocenters. The lowest BCUT2D eigenvalue weighted by atomic mass is 10.1. The highest BCUT2D eigenvalue weighted by molar-refractivity contribution is 6.34. The molecule has 2 rings (SSSR count). The summed E-state index contributed by atoms with van der Waals surface area (Å²) in [4.78, 5) is 11.9. The van der Waals surface area contributed by atoms with Gasteiger partial charge >= 0.3 is 0 Å². The Morgan fingerprint density at radius 1 is 1.10 bits per heavy atom. The van der Waals surface area contributed by atoms with Gasteiger partial charge in [-0.3, -0.25) is 4.79 Å². The molecule has 0 spiro atoms. The first-order valence-corrected chi connectivity index (χ1v) is 6.46. The number of amides is 1. The van der Waals surface area contributed by atoms with Crippen LogP contribution in [-0.2, 0) is 4.79 Å². The molecule has 0 radical (unpaired) electrons. The zero-order chi connectivity index (χ0) is 14.7. The van der Waals surface area contributed by atoms with Crippen LogP contribution < -0.4 is 5.32 Å². The number of hydrogen-bond donors (Lipinski definition) is 3. The molecule has 0 aromatic heterocycles. The van der Waals surface area contributed by atoms with E-state index in [0.29, 0.717) is 10.0 Å². The number of halogens is 2. The number of phenolic OH excluding ortho intramolecular Hbond substituents is 1. The molecule has 2 aromatic rings. The van der Waals surface area contributed by atoms with Gasteiger partial charge in [0.2, 0.25) is 0 Å². The van der Waals surface area contributed by atoms with E-state index in [1.54, 1.807) is 12.1 Å². The lowest BCUT2D eigenvalue weighted by molar-refractivity contribution is -0.124. The molecule has 0 heterocycles. The van der Waals surface area contributed by atoms with Crippen molar-refractivity contribution in [1.82, 2.24) is 0 Å². The van der Waals surface area contributed by atoms with Crippen LogP contribution in [0.1, 0.15) is 11.7 Å². The average Bonchev–Trinajstić information content (AvgIpc) is 2.39. The van der Waals surface area contributed by atoms with Gasteiger partial charge in [-0.25, -0.2) is 0 Å². The van der Waals surface area contributed by atoms with Gasteiger partial charge in [0.1, 0.15) is 5.75 Å². The second-order valence-electron chi connectivity index (χ2n) is 4.11. The van der Waals surface area contributed by atoms with Crippen LogP contribution in [0, 0.1) is 0 Å². The number of carbonyl (C=O) groups excluding carboxylic acids is 1. The lowest BCUT2D eigenvalue weighted by Gasteiger charge is -2.13. The van der Waals surface area contributed by atoms with Gasteiger partial charge in [0.05, 0.1) is 5.69 Å². The molecule has 3 N–H and O–H groups in total. The van der Waals surface area contributed by atoms with Gasteiger partial charge in [0.15, 0.2) is 6.10 Å². The standard InChI is InChI=1S/C14H11Cl2NO3/c15-9-5-8(6-10(16)7-9)13(19)14(20)17-11-3-1-2-4-12(11)18/h1-7,13,18-19H,(H,17,20). The molecule has 0 aliphatic carbocycles. The zero-order valence-electron chi connectivity index (χ0n) is 10.2. The van der Waals surface area contributed by atoms with E-state index in [0.717, 1.165) is 0 Å². The lowest BCUT2D eigenvalue weighted by Crippen LogP contribution is -2.20. The molecule has 6 heteroatoms. The van der Waals surface area contributed by atoms with Crippen LogP contribution in [-0.4, -0.2) is 16.1 Å². The maximum atomic E-state index is 11.9. The normalized spacial score (nSPS) is 11.9. The Hall–Kier alpha value is -1.75. The summed E-state index contributed by atoms with van der Waals surface area (Å²) in [5, 5.41) is 22.6. The monoisotopic (exact) mass is 311 g/mol. The smallest absolute Gasteiger partial charge is 0.257 e. The first-order valence-electron chi connectivity index (χ1n) is 5.70. The van der Waals surface area contributed by atoms with Crippen LogP contribution in [0.5, 0.6) is 5.75 Å². The third kappa shape index (κ3) is 3.42. The van der Waals surface area contributed by atoms with Crippen molar-refractivity contribution in [1.29, 1.82) is 0 Å². The van der Waals surface area contributed by atoms with E-state index in [-0.39, 0.29) is 17.0 Å². The number of para-hydroxylation sites is 2. The first kappa shape index (κ1) is 14.7. The highest BCUT2D eigenvalue weighted by Crippen LogP contribution is 2.26. The molecule has 0 saturated heterocycles. The molecule has 1 amide bonds. The van der Waals surface area contributed by atoms with Crippen LogP contribution in [0.25, 0.3) is 0 Å². The van der Waals surface area contributed by atoms with Crippen molar-refractivity contribution in [3.05, 3.63) is 58.1 Å². The number of anilines is 1. The van der Waals surface area contributed by atoms with Gasteiger partial charge in [-0.2, -0.15) is 0 Å². The third-order valence-electron chi connectivity index (χ3n) is 2.61. The minimum absolute atomic E-state index is 0.0859. The predicted molar refractivity (Wildman–Crippen MR) is 78.2 cm³/mol. The van der Waals surface area contributed by atoms with E-state index in [2.05, 4.69) is 5.32 Å².